The van der Waals surface area contributed by atoms with Crippen molar-refractivity contribution in [1.82, 2.24) is 0 Å². The Balaban J connectivity index is 2.04. The molecular weight excluding hydrogens is 358 g/mol. The summed E-state index contributed by atoms with van der Waals surface area (Å²) in [6, 6.07) is 6.33. The normalized spacial score (nSPS) is 21.8. The van der Waals surface area contributed by atoms with Gasteiger partial charge in [0, 0.05) is 21.7 Å². The molecule has 0 aliphatic carbocycles. The van der Waals surface area contributed by atoms with Gasteiger partial charge in [-0.05, 0) is 44.7 Å². The highest BCUT2D eigenvalue weighted by Crippen LogP contribution is 2.51. The highest BCUT2D eigenvalue weighted by Gasteiger charge is 2.36. The van der Waals surface area contributed by atoms with Gasteiger partial charge in [0.15, 0.2) is 0 Å². The molecule has 0 atom stereocenters. The van der Waals surface area contributed by atoms with E-state index in [1.54, 1.807) is 11.8 Å². The zero-order valence-corrected chi connectivity index (χ0v) is 16.5. The third-order valence-electron chi connectivity index (χ3n) is 3.84. The summed E-state index contributed by atoms with van der Waals surface area (Å²) in [7, 11) is 0. The molecule has 1 aromatic rings. The van der Waals surface area contributed by atoms with Crippen molar-refractivity contribution >= 4 is 57.8 Å². The monoisotopic (exact) mass is 377 g/mol. The number of hydrogen-bond acceptors (Lipinski definition) is 6. The molecule has 6 heteroatoms. The van der Waals surface area contributed by atoms with E-state index in [0.717, 1.165) is 25.9 Å². The number of hydrogen-bond donors (Lipinski definition) is 1. The minimum atomic E-state index is -0.313. The van der Waals surface area contributed by atoms with E-state index in [1.807, 2.05) is 12.3 Å². The van der Waals surface area contributed by atoms with Crippen LogP contribution in [0.5, 0.6) is 0 Å². The fourth-order valence-electron chi connectivity index (χ4n) is 2.67. The summed E-state index contributed by atoms with van der Waals surface area (Å²) >= 11 is 8.78. The molecule has 2 aliphatic rings. The standard InChI is InChI=1S/C18H19NO2S3/c1-5-21-16(20)13-9-23-17(24-13)14-11-7-6-10(2)8-12(11)19-18(3,4)15(14)22/h6-9,19H,5H2,1-4H3. The van der Waals surface area contributed by atoms with Crippen molar-refractivity contribution in [2.75, 3.05) is 11.9 Å². The Hall–Kier alpha value is -1.24. The highest BCUT2D eigenvalue weighted by molar-refractivity contribution is 8.28. The van der Waals surface area contributed by atoms with Gasteiger partial charge in [-0.1, -0.05) is 47.9 Å². The molecule has 24 heavy (non-hydrogen) atoms. The van der Waals surface area contributed by atoms with Gasteiger partial charge in [-0.25, -0.2) is 4.79 Å². The molecule has 0 saturated heterocycles. The molecule has 1 aromatic carbocycles. The Labute approximate surface area is 156 Å². The average Bonchev–Trinajstić information content (AvgIpc) is 2.98. The number of thioether (sulfide) groups is 2. The van der Waals surface area contributed by atoms with Crippen LogP contribution in [0.4, 0.5) is 5.69 Å². The molecule has 3 rings (SSSR count). The largest absolute Gasteiger partial charge is 0.462 e. The fourth-order valence-corrected chi connectivity index (χ4v) is 5.30. The van der Waals surface area contributed by atoms with Gasteiger partial charge in [-0.3, -0.25) is 0 Å². The van der Waals surface area contributed by atoms with Crippen molar-refractivity contribution in [3.05, 3.63) is 43.9 Å². The number of thiocarbonyl (C=S) groups is 1. The summed E-state index contributed by atoms with van der Waals surface area (Å²) in [5.41, 5.74) is 4.12. The third-order valence-corrected chi connectivity index (χ3v) is 6.91. The van der Waals surface area contributed by atoms with Crippen molar-refractivity contribution < 1.29 is 9.53 Å². The second kappa shape index (κ2) is 6.58. The molecule has 0 amide bonds. The smallest absolute Gasteiger partial charge is 0.345 e. The molecule has 0 bridgehead atoms. The first kappa shape index (κ1) is 17.6. The summed E-state index contributed by atoms with van der Waals surface area (Å²) in [6.07, 6.45) is 0. The first-order chi connectivity index (χ1) is 11.3. The lowest BCUT2D eigenvalue weighted by Gasteiger charge is -2.37. The first-order valence-electron chi connectivity index (χ1n) is 7.73. The Morgan fingerprint density at radius 2 is 2.12 bits per heavy atom. The maximum Gasteiger partial charge on any atom is 0.345 e. The van der Waals surface area contributed by atoms with Crippen molar-refractivity contribution in [1.29, 1.82) is 0 Å². The third kappa shape index (κ3) is 3.15. The summed E-state index contributed by atoms with van der Waals surface area (Å²) < 4.78 is 6.15. The van der Waals surface area contributed by atoms with Gasteiger partial charge in [0.25, 0.3) is 0 Å². The van der Waals surface area contributed by atoms with Crippen LogP contribution in [0.3, 0.4) is 0 Å². The molecular formula is C18H19NO2S3. The predicted octanol–water partition coefficient (Wildman–Crippen LogP) is 5.12. The lowest BCUT2D eigenvalue weighted by molar-refractivity contribution is -0.137. The Morgan fingerprint density at radius 1 is 1.38 bits per heavy atom. The van der Waals surface area contributed by atoms with Gasteiger partial charge in [-0.2, -0.15) is 0 Å². The summed E-state index contributed by atoms with van der Waals surface area (Å²) in [4.78, 5) is 13.5. The van der Waals surface area contributed by atoms with Crippen LogP contribution in [0, 0.1) is 6.92 Å². The average molecular weight is 378 g/mol. The van der Waals surface area contributed by atoms with Gasteiger partial charge in [0.2, 0.25) is 0 Å². The van der Waals surface area contributed by atoms with E-state index in [-0.39, 0.29) is 11.5 Å². The number of rotatable bonds is 2. The summed E-state index contributed by atoms with van der Waals surface area (Å²) in [5.74, 6) is -0.270. The Bertz CT molecular complexity index is 793. The molecule has 0 saturated carbocycles. The quantitative estimate of drug-likeness (QED) is 0.438. The number of fused-ring (bicyclic) bond motifs is 1. The Kier molecular flexibility index (Phi) is 4.82. The maximum atomic E-state index is 12.0. The van der Waals surface area contributed by atoms with Crippen LogP contribution in [0.15, 0.2) is 32.7 Å². The van der Waals surface area contributed by atoms with Crippen molar-refractivity contribution in [3.63, 3.8) is 0 Å². The van der Waals surface area contributed by atoms with Gasteiger partial charge < -0.3 is 10.1 Å². The number of anilines is 1. The van der Waals surface area contributed by atoms with Crippen LogP contribution < -0.4 is 5.32 Å². The Morgan fingerprint density at radius 3 is 2.83 bits per heavy atom. The van der Waals surface area contributed by atoms with Gasteiger partial charge in [-0.15, -0.1) is 0 Å². The first-order valence-corrected chi connectivity index (χ1v) is 9.84. The molecule has 2 aliphatic heterocycles. The number of aryl methyl sites for hydroxylation is 1. The van der Waals surface area contributed by atoms with Crippen LogP contribution in [-0.2, 0) is 9.53 Å². The number of esters is 1. The molecule has 0 aromatic heterocycles. The summed E-state index contributed by atoms with van der Waals surface area (Å²) in [5, 5.41) is 5.39. The van der Waals surface area contributed by atoms with E-state index in [2.05, 4.69) is 44.3 Å². The van der Waals surface area contributed by atoms with Crippen LogP contribution in [0.1, 0.15) is 31.9 Å². The van der Waals surface area contributed by atoms with Crippen LogP contribution >= 0.6 is 35.7 Å². The number of benzene rings is 1. The minimum absolute atomic E-state index is 0.270. The molecule has 0 unspecified atom stereocenters. The second-order valence-corrected chi connectivity index (χ2v) is 8.81. The second-order valence-electron chi connectivity index (χ2n) is 6.21. The van der Waals surface area contributed by atoms with Crippen LogP contribution in [0.25, 0.3) is 5.57 Å². The maximum absolute atomic E-state index is 12.0. The van der Waals surface area contributed by atoms with Crippen molar-refractivity contribution in [2.24, 2.45) is 0 Å². The topological polar surface area (TPSA) is 38.3 Å². The molecule has 0 spiro atoms. The molecule has 126 valence electrons. The number of carbonyl (C=O) groups excluding carboxylic acids is 1. The lowest BCUT2D eigenvalue weighted by atomic mass is 9.85. The van der Waals surface area contributed by atoms with Crippen LogP contribution in [-0.4, -0.2) is 23.0 Å². The molecule has 0 radical (unpaired) electrons. The molecule has 1 N–H and O–H groups in total. The van der Waals surface area contributed by atoms with E-state index < -0.39 is 0 Å². The molecule has 3 nitrogen and oxygen atoms in total. The SMILES string of the molecule is CCOC(=O)C1=CSC(=C2C(=S)C(C)(C)Nc3cc(C)ccc32)S1. The van der Waals surface area contributed by atoms with Gasteiger partial charge >= 0.3 is 5.97 Å². The fraction of sp³-hybridized carbons (Fsp3) is 0.333. The summed E-state index contributed by atoms with van der Waals surface area (Å²) in [6.45, 7) is 8.45. The zero-order chi connectivity index (χ0) is 17.5. The number of ether oxygens (including phenoxy) is 1. The van der Waals surface area contributed by atoms with Gasteiger partial charge in [0.1, 0.15) is 4.91 Å². The minimum Gasteiger partial charge on any atom is -0.462 e. The number of nitrogens with one attached hydrogen (secondary N) is 1. The zero-order valence-electron chi connectivity index (χ0n) is 14.1. The highest BCUT2D eigenvalue weighted by atomic mass is 32.2. The van der Waals surface area contributed by atoms with Crippen molar-refractivity contribution in [3.8, 4) is 0 Å². The lowest BCUT2D eigenvalue weighted by Crippen LogP contribution is -2.43. The van der Waals surface area contributed by atoms with Crippen molar-refractivity contribution in [2.45, 2.75) is 33.2 Å². The van der Waals surface area contributed by atoms with Crippen LogP contribution in [0.2, 0.25) is 0 Å². The molecule has 0 fully saturated rings. The van der Waals surface area contributed by atoms with E-state index >= 15 is 0 Å². The molecule has 2 heterocycles. The predicted molar refractivity (Wildman–Crippen MR) is 108 cm³/mol. The van der Waals surface area contributed by atoms with E-state index in [4.69, 9.17) is 17.0 Å². The van der Waals surface area contributed by atoms with E-state index in [0.29, 0.717) is 11.5 Å². The van der Waals surface area contributed by atoms with E-state index in [1.165, 1.54) is 17.3 Å². The number of carbonyl (C=O) groups is 1. The van der Waals surface area contributed by atoms with Gasteiger partial charge in [0.05, 0.1) is 16.4 Å². The van der Waals surface area contributed by atoms with E-state index in [9.17, 15) is 4.79 Å².